The van der Waals surface area contributed by atoms with E-state index in [2.05, 4.69) is 31.1 Å². The minimum absolute atomic E-state index is 0.288. The Labute approximate surface area is 109 Å². The number of likely N-dealkylation sites (tertiary alicyclic amines) is 1. The number of hydrogen-bond acceptors (Lipinski definition) is 3. The van der Waals surface area contributed by atoms with Crippen LogP contribution in [0.1, 0.15) is 19.3 Å². The van der Waals surface area contributed by atoms with Gasteiger partial charge in [0, 0.05) is 35.8 Å². The molecule has 0 amide bonds. The summed E-state index contributed by atoms with van der Waals surface area (Å²) in [6.45, 7) is 2.14. The molecule has 2 heterocycles. The van der Waals surface area contributed by atoms with Crippen LogP contribution in [-0.4, -0.2) is 35.1 Å². The third-order valence-corrected chi connectivity index (χ3v) is 3.87. The van der Waals surface area contributed by atoms with Crippen molar-refractivity contribution in [1.29, 1.82) is 0 Å². The first kappa shape index (κ1) is 11.4. The van der Waals surface area contributed by atoms with Crippen molar-refractivity contribution in [3.63, 3.8) is 0 Å². The number of aromatic nitrogens is 1. The molecule has 2 fully saturated rings. The number of rotatable bonds is 3. The maximum absolute atomic E-state index is 13.6. The van der Waals surface area contributed by atoms with E-state index < -0.39 is 0 Å². The van der Waals surface area contributed by atoms with Crippen LogP contribution in [0.15, 0.2) is 16.7 Å². The Morgan fingerprint density at radius 3 is 2.94 bits per heavy atom. The van der Waals surface area contributed by atoms with Crippen LogP contribution in [0.3, 0.4) is 0 Å². The Kier molecular flexibility index (Phi) is 3.04. The highest BCUT2D eigenvalue weighted by Gasteiger charge is 2.34. The van der Waals surface area contributed by atoms with Crippen LogP contribution in [0.4, 0.5) is 10.2 Å². The van der Waals surface area contributed by atoms with Gasteiger partial charge in [0.25, 0.3) is 0 Å². The summed E-state index contributed by atoms with van der Waals surface area (Å²) in [6.07, 6.45) is 5.36. The fourth-order valence-electron chi connectivity index (χ4n) is 2.39. The van der Waals surface area contributed by atoms with Gasteiger partial charge in [-0.05, 0) is 41.3 Å². The Hall–Kier alpha value is -0.680. The molecule has 3 nitrogen and oxygen atoms in total. The molecular formula is C12H15BrFN3. The molecular weight excluding hydrogens is 285 g/mol. The van der Waals surface area contributed by atoms with Gasteiger partial charge in [0.15, 0.2) is 11.6 Å². The number of hydrogen-bond donors (Lipinski definition) is 1. The maximum Gasteiger partial charge on any atom is 0.166 e. The minimum atomic E-state index is -0.288. The van der Waals surface area contributed by atoms with E-state index in [0.29, 0.717) is 16.3 Å². The number of nitrogens with zero attached hydrogens (tertiary/aromatic N) is 2. The molecule has 1 saturated heterocycles. The molecule has 0 bridgehead atoms. The van der Waals surface area contributed by atoms with Crippen molar-refractivity contribution in [3.05, 3.63) is 22.6 Å². The molecule has 1 aliphatic carbocycles. The zero-order chi connectivity index (χ0) is 11.8. The van der Waals surface area contributed by atoms with E-state index in [9.17, 15) is 4.39 Å². The third-order valence-electron chi connectivity index (χ3n) is 3.43. The topological polar surface area (TPSA) is 28.2 Å². The standard InChI is InChI=1S/C12H15BrFN3/c13-8-5-11(14)12(15-6-8)16-9-3-4-17(7-9)10-1-2-10/h5-6,9-10H,1-4,7H2,(H,15,16). The van der Waals surface area contributed by atoms with Crippen molar-refractivity contribution < 1.29 is 4.39 Å². The summed E-state index contributed by atoms with van der Waals surface area (Å²) in [5, 5.41) is 3.20. The van der Waals surface area contributed by atoms with Crippen molar-refractivity contribution in [1.82, 2.24) is 9.88 Å². The normalized spacial score (nSPS) is 25.2. The van der Waals surface area contributed by atoms with Crippen LogP contribution >= 0.6 is 15.9 Å². The number of halogens is 2. The van der Waals surface area contributed by atoms with Gasteiger partial charge in [-0.2, -0.15) is 0 Å². The smallest absolute Gasteiger partial charge is 0.166 e. The van der Waals surface area contributed by atoms with Crippen molar-refractivity contribution in [2.24, 2.45) is 0 Å². The summed E-state index contributed by atoms with van der Waals surface area (Å²) in [5.74, 6) is 0.0834. The average Bonchev–Trinajstić information content (AvgIpc) is 3.04. The molecule has 2 aliphatic rings. The first-order valence-electron chi connectivity index (χ1n) is 6.04. The van der Waals surface area contributed by atoms with Gasteiger partial charge in [0.1, 0.15) is 0 Å². The van der Waals surface area contributed by atoms with Gasteiger partial charge in [-0.1, -0.05) is 0 Å². The van der Waals surface area contributed by atoms with E-state index in [-0.39, 0.29) is 5.82 Å². The molecule has 1 aromatic rings. The Morgan fingerprint density at radius 1 is 1.41 bits per heavy atom. The van der Waals surface area contributed by atoms with E-state index in [1.165, 1.54) is 18.9 Å². The second-order valence-electron chi connectivity index (χ2n) is 4.84. The summed E-state index contributed by atoms with van der Waals surface area (Å²) in [4.78, 5) is 6.57. The van der Waals surface area contributed by atoms with Gasteiger partial charge >= 0.3 is 0 Å². The molecule has 92 valence electrons. The Morgan fingerprint density at radius 2 is 2.24 bits per heavy atom. The molecule has 1 atom stereocenters. The van der Waals surface area contributed by atoms with E-state index >= 15 is 0 Å². The Balaban J connectivity index is 1.63. The van der Waals surface area contributed by atoms with Crippen LogP contribution in [0, 0.1) is 5.82 Å². The van der Waals surface area contributed by atoms with Gasteiger partial charge in [-0.15, -0.1) is 0 Å². The molecule has 17 heavy (non-hydrogen) atoms. The summed E-state index contributed by atoms with van der Waals surface area (Å²) in [6, 6.07) is 2.58. The number of nitrogens with one attached hydrogen (secondary N) is 1. The SMILES string of the molecule is Fc1cc(Br)cnc1NC1CCN(C2CC2)C1. The van der Waals surface area contributed by atoms with Gasteiger partial charge in [-0.3, -0.25) is 4.90 Å². The molecule has 0 aromatic carbocycles. The monoisotopic (exact) mass is 299 g/mol. The molecule has 5 heteroatoms. The first-order valence-corrected chi connectivity index (χ1v) is 6.83. The highest BCUT2D eigenvalue weighted by molar-refractivity contribution is 9.10. The van der Waals surface area contributed by atoms with Crippen LogP contribution in [0.5, 0.6) is 0 Å². The quantitative estimate of drug-likeness (QED) is 0.930. The van der Waals surface area contributed by atoms with Crippen molar-refractivity contribution >= 4 is 21.7 Å². The lowest BCUT2D eigenvalue weighted by molar-refractivity contribution is 0.326. The summed E-state index contributed by atoms with van der Waals surface area (Å²) in [7, 11) is 0. The van der Waals surface area contributed by atoms with E-state index in [4.69, 9.17) is 0 Å². The minimum Gasteiger partial charge on any atom is -0.364 e. The second-order valence-corrected chi connectivity index (χ2v) is 5.76. The summed E-state index contributed by atoms with van der Waals surface area (Å²) >= 11 is 3.21. The van der Waals surface area contributed by atoms with Crippen LogP contribution < -0.4 is 5.32 Å². The van der Waals surface area contributed by atoms with E-state index in [1.807, 2.05) is 0 Å². The maximum atomic E-state index is 13.6. The van der Waals surface area contributed by atoms with Crippen molar-refractivity contribution in [2.45, 2.75) is 31.3 Å². The van der Waals surface area contributed by atoms with Gasteiger partial charge in [0.2, 0.25) is 0 Å². The largest absolute Gasteiger partial charge is 0.364 e. The fourth-order valence-corrected chi connectivity index (χ4v) is 2.69. The third kappa shape index (κ3) is 2.60. The lowest BCUT2D eigenvalue weighted by Crippen LogP contribution is -2.28. The van der Waals surface area contributed by atoms with Gasteiger partial charge in [-0.25, -0.2) is 9.37 Å². The molecule has 1 saturated carbocycles. The molecule has 0 spiro atoms. The zero-order valence-corrected chi connectivity index (χ0v) is 11.1. The predicted molar refractivity (Wildman–Crippen MR) is 68.5 cm³/mol. The lowest BCUT2D eigenvalue weighted by atomic mass is 10.2. The fraction of sp³-hybridized carbons (Fsp3) is 0.583. The van der Waals surface area contributed by atoms with Gasteiger partial charge in [0.05, 0.1) is 0 Å². The number of pyridine rings is 1. The van der Waals surface area contributed by atoms with Crippen LogP contribution in [0.2, 0.25) is 0 Å². The average molecular weight is 300 g/mol. The van der Waals surface area contributed by atoms with E-state index in [1.54, 1.807) is 6.20 Å². The highest BCUT2D eigenvalue weighted by Crippen LogP contribution is 2.30. The molecule has 1 aromatic heterocycles. The highest BCUT2D eigenvalue weighted by atomic mass is 79.9. The molecule has 3 rings (SSSR count). The van der Waals surface area contributed by atoms with Crippen molar-refractivity contribution in [2.75, 3.05) is 18.4 Å². The Bertz CT molecular complexity index is 422. The second kappa shape index (κ2) is 4.53. The molecule has 1 aliphatic heterocycles. The van der Waals surface area contributed by atoms with Crippen molar-refractivity contribution in [3.8, 4) is 0 Å². The van der Waals surface area contributed by atoms with E-state index in [0.717, 1.165) is 25.6 Å². The predicted octanol–water partition coefficient (Wildman–Crippen LogP) is 2.63. The van der Waals surface area contributed by atoms with Gasteiger partial charge < -0.3 is 5.32 Å². The number of anilines is 1. The zero-order valence-electron chi connectivity index (χ0n) is 9.50. The van der Waals surface area contributed by atoms with Crippen LogP contribution in [-0.2, 0) is 0 Å². The molecule has 1 unspecified atom stereocenters. The lowest BCUT2D eigenvalue weighted by Gasteiger charge is -2.16. The summed E-state index contributed by atoms with van der Waals surface area (Å²) < 4.78 is 14.3. The molecule has 0 radical (unpaired) electrons. The van der Waals surface area contributed by atoms with Crippen LogP contribution in [0.25, 0.3) is 0 Å². The summed E-state index contributed by atoms with van der Waals surface area (Å²) in [5.41, 5.74) is 0. The molecule has 1 N–H and O–H groups in total. The first-order chi connectivity index (χ1) is 8.22.